The second-order valence-electron chi connectivity index (χ2n) is 4.02. The van der Waals surface area contributed by atoms with Gasteiger partial charge >= 0.3 is 5.97 Å². The molecular weight excluding hydrogens is 250 g/mol. The van der Waals surface area contributed by atoms with Crippen LogP contribution in [0.2, 0.25) is 0 Å². The van der Waals surface area contributed by atoms with Crippen LogP contribution >= 0.6 is 0 Å². The smallest absolute Gasteiger partial charge is 0.341 e. The molecule has 0 spiro atoms. The number of aromatic nitrogens is 2. The Kier molecular flexibility index (Phi) is 2.52. The van der Waals surface area contributed by atoms with Crippen molar-refractivity contribution in [1.82, 2.24) is 10.2 Å². The zero-order valence-corrected chi connectivity index (χ0v) is 9.84. The van der Waals surface area contributed by atoms with E-state index in [1.165, 1.54) is 0 Å². The summed E-state index contributed by atoms with van der Waals surface area (Å²) in [7, 11) is 0. The number of nitrogens with one attached hydrogen (secondary N) is 1. The third-order valence-corrected chi connectivity index (χ3v) is 2.84. The number of ether oxygens (including phenoxy) is 2. The normalized spacial score (nSPS) is 13.3. The molecule has 0 bridgehead atoms. The Labute approximate surface area is 107 Å². The summed E-state index contributed by atoms with van der Waals surface area (Å²) in [6.45, 7) is 0.969. The highest BCUT2D eigenvalue weighted by Crippen LogP contribution is 2.35. The first-order valence-corrected chi connectivity index (χ1v) is 5.64. The number of nitrogen functional groups attached to an aromatic ring is 1. The van der Waals surface area contributed by atoms with E-state index in [1.54, 1.807) is 18.2 Å². The van der Waals surface area contributed by atoms with E-state index in [9.17, 15) is 4.79 Å². The molecule has 0 saturated carbocycles. The molecule has 0 radical (unpaired) electrons. The van der Waals surface area contributed by atoms with Gasteiger partial charge in [0.1, 0.15) is 18.8 Å². The minimum Gasteiger partial charge on any atom is -0.486 e. The van der Waals surface area contributed by atoms with Gasteiger partial charge in [-0.1, -0.05) is 0 Å². The predicted molar refractivity (Wildman–Crippen MR) is 66.4 cm³/mol. The Morgan fingerprint density at radius 2 is 2.05 bits per heavy atom. The molecule has 7 heteroatoms. The summed E-state index contributed by atoms with van der Waals surface area (Å²) in [6, 6.07) is 5.16. The van der Waals surface area contributed by atoms with E-state index < -0.39 is 5.97 Å². The third kappa shape index (κ3) is 1.85. The number of H-pyrrole nitrogens is 1. The Morgan fingerprint density at radius 1 is 1.32 bits per heavy atom. The maximum absolute atomic E-state index is 11.2. The van der Waals surface area contributed by atoms with Gasteiger partial charge in [-0.3, -0.25) is 5.10 Å². The first-order chi connectivity index (χ1) is 9.16. The fourth-order valence-corrected chi connectivity index (χ4v) is 1.98. The van der Waals surface area contributed by atoms with Gasteiger partial charge in [0.15, 0.2) is 17.3 Å². The molecule has 4 N–H and O–H groups in total. The molecular formula is C12H11N3O4. The van der Waals surface area contributed by atoms with Crippen LogP contribution in [-0.2, 0) is 0 Å². The van der Waals surface area contributed by atoms with Crippen LogP contribution in [0.3, 0.4) is 0 Å². The van der Waals surface area contributed by atoms with Gasteiger partial charge < -0.3 is 20.3 Å². The highest BCUT2D eigenvalue weighted by molar-refractivity contribution is 5.99. The van der Waals surface area contributed by atoms with Crippen LogP contribution in [0.5, 0.6) is 11.5 Å². The summed E-state index contributed by atoms with van der Waals surface area (Å²) in [5.41, 5.74) is 6.47. The van der Waals surface area contributed by atoms with E-state index in [2.05, 4.69) is 10.2 Å². The molecule has 1 aromatic carbocycles. The fraction of sp³-hybridized carbons (Fsp3) is 0.167. The monoisotopic (exact) mass is 261 g/mol. The SMILES string of the molecule is Nc1n[nH]c(-c2ccc3c(c2)OCCO3)c1C(=O)O. The number of aromatic carboxylic acids is 1. The van der Waals surface area contributed by atoms with E-state index in [0.717, 1.165) is 0 Å². The van der Waals surface area contributed by atoms with Crippen LogP contribution in [0.4, 0.5) is 5.82 Å². The number of nitrogens with two attached hydrogens (primary N) is 1. The maximum atomic E-state index is 11.2. The molecule has 1 aliphatic rings. The van der Waals surface area contributed by atoms with Gasteiger partial charge in [0, 0.05) is 5.56 Å². The largest absolute Gasteiger partial charge is 0.486 e. The van der Waals surface area contributed by atoms with Crippen molar-refractivity contribution in [3.8, 4) is 22.8 Å². The quantitative estimate of drug-likeness (QED) is 0.747. The molecule has 0 saturated heterocycles. The summed E-state index contributed by atoms with van der Waals surface area (Å²) < 4.78 is 10.9. The average molecular weight is 261 g/mol. The summed E-state index contributed by atoms with van der Waals surface area (Å²) >= 11 is 0. The van der Waals surface area contributed by atoms with Crippen LogP contribution < -0.4 is 15.2 Å². The molecule has 2 aromatic rings. The van der Waals surface area contributed by atoms with E-state index in [-0.39, 0.29) is 11.4 Å². The van der Waals surface area contributed by atoms with Gasteiger partial charge in [0.25, 0.3) is 0 Å². The Bertz CT molecular complexity index is 650. The van der Waals surface area contributed by atoms with E-state index >= 15 is 0 Å². The van der Waals surface area contributed by atoms with Gasteiger partial charge in [0.05, 0.1) is 5.69 Å². The second-order valence-corrected chi connectivity index (χ2v) is 4.02. The molecule has 7 nitrogen and oxygen atoms in total. The average Bonchev–Trinajstić information content (AvgIpc) is 2.80. The fourth-order valence-electron chi connectivity index (χ4n) is 1.98. The van der Waals surface area contributed by atoms with Crippen molar-refractivity contribution in [2.24, 2.45) is 0 Å². The van der Waals surface area contributed by atoms with Gasteiger partial charge in [-0.2, -0.15) is 5.10 Å². The molecule has 3 rings (SSSR count). The predicted octanol–water partition coefficient (Wildman–Crippen LogP) is 1.13. The van der Waals surface area contributed by atoms with Crippen LogP contribution in [0.15, 0.2) is 18.2 Å². The Balaban J connectivity index is 2.10. The number of hydrogen-bond donors (Lipinski definition) is 3. The number of carboxylic acid groups (broad SMARTS) is 1. The molecule has 0 fully saturated rings. The second kappa shape index (κ2) is 4.20. The molecule has 2 heterocycles. The first kappa shape index (κ1) is 11.4. The van der Waals surface area contributed by atoms with Crippen molar-refractivity contribution in [3.05, 3.63) is 23.8 Å². The topological polar surface area (TPSA) is 110 Å². The third-order valence-electron chi connectivity index (χ3n) is 2.84. The Morgan fingerprint density at radius 3 is 2.79 bits per heavy atom. The lowest BCUT2D eigenvalue weighted by Crippen LogP contribution is -2.15. The molecule has 1 aliphatic heterocycles. The van der Waals surface area contributed by atoms with Crippen LogP contribution in [0.25, 0.3) is 11.3 Å². The standard InChI is InChI=1S/C12H11N3O4/c13-11-9(12(16)17)10(14-15-11)6-1-2-7-8(5-6)19-4-3-18-7/h1-2,5H,3-4H2,(H,16,17)(H3,13,14,15). The molecule has 0 aliphatic carbocycles. The molecule has 0 unspecified atom stereocenters. The van der Waals surface area contributed by atoms with Gasteiger partial charge in [-0.25, -0.2) is 4.79 Å². The summed E-state index contributed by atoms with van der Waals surface area (Å²) in [5, 5.41) is 15.5. The van der Waals surface area contributed by atoms with E-state index in [0.29, 0.717) is 36.0 Å². The zero-order chi connectivity index (χ0) is 13.4. The number of anilines is 1. The molecule has 19 heavy (non-hydrogen) atoms. The highest BCUT2D eigenvalue weighted by atomic mass is 16.6. The Hall–Kier alpha value is -2.70. The van der Waals surface area contributed by atoms with Crippen molar-refractivity contribution in [2.75, 3.05) is 18.9 Å². The van der Waals surface area contributed by atoms with Crippen LogP contribution in [0, 0.1) is 0 Å². The summed E-state index contributed by atoms with van der Waals surface area (Å²) in [4.78, 5) is 11.2. The number of carboxylic acids is 1. The first-order valence-electron chi connectivity index (χ1n) is 5.64. The number of nitrogens with zero attached hydrogens (tertiary/aromatic N) is 1. The molecule has 98 valence electrons. The number of fused-ring (bicyclic) bond motifs is 1. The molecule has 0 atom stereocenters. The number of rotatable bonds is 2. The van der Waals surface area contributed by atoms with Crippen molar-refractivity contribution >= 4 is 11.8 Å². The minimum atomic E-state index is -1.13. The number of benzene rings is 1. The van der Waals surface area contributed by atoms with Crippen LogP contribution in [-0.4, -0.2) is 34.5 Å². The van der Waals surface area contributed by atoms with E-state index in [4.69, 9.17) is 20.3 Å². The van der Waals surface area contributed by atoms with Gasteiger partial charge in [0.2, 0.25) is 0 Å². The van der Waals surface area contributed by atoms with Crippen LogP contribution in [0.1, 0.15) is 10.4 Å². The van der Waals surface area contributed by atoms with Crippen molar-refractivity contribution < 1.29 is 19.4 Å². The molecule has 0 amide bonds. The number of hydrogen-bond acceptors (Lipinski definition) is 5. The van der Waals surface area contributed by atoms with Gasteiger partial charge in [-0.15, -0.1) is 0 Å². The van der Waals surface area contributed by atoms with Gasteiger partial charge in [-0.05, 0) is 18.2 Å². The maximum Gasteiger partial charge on any atom is 0.341 e. The van der Waals surface area contributed by atoms with Crippen molar-refractivity contribution in [2.45, 2.75) is 0 Å². The highest BCUT2D eigenvalue weighted by Gasteiger charge is 2.21. The summed E-state index contributed by atoms with van der Waals surface area (Å²) in [6.07, 6.45) is 0. The van der Waals surface area contributed by atoms with Crippen molar-refractivity contribution in [3.63, 3.8) is 0 Å². The number of aromatic amines is 1. The molecule has 1 aromatic heterocycles. The van der Waals surface area contributed by atoms with E-state index in [1.807, 2.05) is 0 Å². The zero-order valence-electron chi connectivity index (χ0n) is 9.84. The number of carbonyl (C=O) groups is 1. The lowest BCUT2D eigenvalue weighted by atomic mass is 10.1. The lowest BCUT2D eigenvalue weighted by molar-refractivity contribution is 0.0699. The minimum absolute atomic E-state index is 0.0441. The lowest BCUT2D eigenvalue weighted by Gasteiger charge is -2.18. The van der Waals surface area contributed by atoms with Crippen molar-refractivity contribution in [1.29, 1.82) is 0 Å². The summed E-state index contributed by atoms with van der Waals surface area (Å²) in [5.74, 6) is 0.0427.